The second-order valence-corrected chi connectivity index (χ2v) is 33.6. The molecule has 14 aromatic carbocycles. The Hall–Kier alpha value is -15.3. The molecule has 14 heteroatoms. The quantitative estimate of drug-likeness (QED) is 0.0981. The third-order valence-electron chi connectivity index (χ3n) is 22.9. The number of aromatic nitrogens is 9. The molecule has 0 aliphatic carbocycles. The van der Waals surface area contributed by atoms with E-state index in [2.05, 4.69) is 230 Å². The largest absolute Gasteiger partial charge is 0.305 e. The van der Waals surface area contributed by atoms with E-state index in [1.54, 1.807) is 0 Å². The van der Waals surface area contributed by atoms with Crippen LogP contribution in [0.3, 0.4) is 0 Å². The Morgan fingerprint density at radius 3 is 0.627 bits per heavy atom. The maximum atomic E-state index is 4.55. The molecule has 0 unspecified atom stereocenters. The van der Waals surface area contributed by atoms with E-state index in [-0.39, 0.29) is 101 Å². The predicted molar refractivity (Wildman–Crippen MR) is 597 cm³/mol. The Bertz CT molecular complexity index is 7150. The summed E-state index contributed by atoms with van der Waals surface area (Å²) in [5.41, 5.74) is 38.2. The van der Waals surface area contributed by atoms with Gasteiger partial charge in [0.05, 0.1) is 0 Å². The smallest absolute Gasteiger partial charge is 0.0266 e. The van der Waals surface area contributed by atoms with Crippen molar-refractivity contribution in [1.29, 1.82) is 0 Å². The minimum atomic E-state index is 0. The molecule has 9 aromatic heterocycles. The van der Waals surface area contributed by atoms with Crippen molar-refractivity contribution in [3.05, 3.63) is 610 Å². The topological polar surface area (TPSA) is 116 Å². The standard InChI is InChI=1S/2C18H14N.3C17H12N.C13H12N.3C12H10N.5Ir/c2*1-14-12-18(16-10-6-3-7-11-16)19-13-17(14)15-8-4-2-5-9-15;3*1-3-7-14(8-4-1)16-11-12-18-17(13-16)15-9-5-2-6-10-15;1-10-8-13(14-9-11(10)2)12-6-4-3-5-7-12;2*1-10-6-5-9-12(13-10)11-7-3-2-4-8-11;1-10-7-8-12(13-9-10)11-5-3-2-4-6-11;;;;;/h2*2-10,12-13H,1H3;3*1-9,11-13H;3-6,8-9H,1-2H3;2*2-7,9H,1H3;2-5,7-9H,1H3;;;;;/q9*-1;;;;;. The van der Waals surface area contributed by atoms with Crippen LogP contribution in [0.15, 0.2) is 517 Å². The fraction of sp³-hybridized carbons (Fsp3) is 0.0515. The first-order chi connectivity index (χ1) is 71.3. The predicted octanol–water partition coefficient (Wildman–Crippen LogP) is 33.4. The summed E-state index contributed by atoms with van der Waals surface area (Å²) < 4.78 is 0. The molecular weight excluding hydrogens is 2720 g/mol. The number of nitrogens with zero attached hydrogens (tertiary/aromatic N) is 9. The van der Waals surface area contributed by atoms with Crippen molar-refractivity contribution >= 4 is 0 Å². The molecule has 0 bridgehead atoms. The van der Waals surface area contributed by atoms with Crippen LogP contribution in [0.25, 0.3) is 157 Å². The van der Waals surface area contributed by atoms with Crippen LogP contribution in [0.4, 0.5) is 0 Å². The van der Waals surface area contributed by atoms with Gasteiger partial charge in [0.25, 0.3) is 0 Å². The van der Waals surface area contributed by atoms with Gasteiger partial charge in [-0.2, -0.15) is 0 Å². The van der Waals surface area contributed by atoms with E-state index in [1.807, 2.05) is 434 Å². The van der Waals surface area contributed by atoms with Crippen molar-refractivity contribution in [2.75, 3.05) is 0 Å². The Balaban J connectivity index is 0.000000172. The average molecular weight is 2830 g/mol. The first-order valence-corrected chi connectivity index (χ1v) is 47.9. The maximum Gasteiger partial charge on any atom is 0.0266 e. The zero-order chi connectivity index (χ0) is 100. The summed E-state index contributed by atoms with van der Waals surface area (Å²) in [5.74, 6) is 0. The Morgan fingerprint density at radius 2 is 0.387 bits per heavy atom. The van der Waals surface area contributed by atoms with Gasteiger partial charge >= 0.3 is 0 Å². The van der Waals surface area contributed by atoms with Gasteiger partial charge in [0.15, 0.2) is 0 Å². The van der Waals surface area contributed by atoms with Gasteiger partial charge in [-0.15, -0.1) is 323 Å². The second-order valence-electron chi connectivity index (χ2n) is 33.6. The van der Waals surface area contributed by atoms with Crippen LogP contribution in [0.2, 0.25) is 0 Å². The number of aryl methyl sites for hydroxylation is 7. The van der Waals surface area contributed by atoms with E-state index < -0.39 is 0 Å². The molecule has 0 N–H and O–H groups in total. The van der Waals surface area contributed by atoms with E-state index in [0.29, 0.717) is 0 Å². The molecule has 0 saturated heterocycles. The van der Waals surface area contributed by atoms with Crippen molar-refractivity contribution in [1.82, 2.24) is 44.9 Å². The van der Waals surface area contributed by atoms with Crippen LogP contribution in [-0.4, -0.2) is 44.9 Å². The summed E-state index contributed by atoms with van der Waals surface area (Å²) in [6.07, 6.45) is 13.2. The number of hydrogen-bond donors (Lipinski definition) is 0. The summed E-state index contributed by atoms with van der Waals surface area (Å²) in [6.45, 7) is 14.4. The first-order valence-electron chi connectivity index (χ1n) is 47.9. The van der Waals surface area contributed by atoms with Crippen molar-refractivity contribution < 1.29 is 101 Å². The molecule has 9 nitrogen and oxygen atoms in total. The first kappa shape index (κ1) is 117. The van der Waals surface area contributed by atoms with Gasteiger partial charge in [0.2, 0.25) is 0 Å². The third-order valence-corrected chi connectivity index (χ3v) is 22.9. The van der Waals surface area contributed by atoms with Crippen LogP contribution in [0.1, 0.15) is 39.2 Å². The normalized spacial score (nSPS) is 9.83. The van der Waals surface area contributed by atoms with Gasteiger partial charge in [0.1, 0.15) is 0 Å². The molecule has 0 saturated carbocycles. The number of pyridine rings is 9. The molecule has 0 aliphatic heterocycles. The maximum absolute atomic E-state index is 4.55. The molecule has 0 fully saturated rings. The fourth-order valence-corrected chi connectivity index (χ4v) is 15.2. The molecule has 5 radical (unpaired) electrons. The molecule has 150 heavy (non-hydrogen) atoms. The minimum absolute atomic E-state index is 0. The van der Waals surface area contributed by atoms with Crippen molar-refractivity contribution in [2.24, 2.45) is 0 Å². The van der Waals surface area contributed by atoms with Crippen molar-refractivity contribution in [3.8, 4) is 157 Å². The summed E-state index contributed by atoms with van der Waals surface area (Å²) in [6, 6.07) is 186. The SMILES string of the molecule is Cc1cc(-c2[c-]cccc2)ncc1-c1ccccc1.Cc1cc(-c2[c-]cccc2)ncc1-c1ccccc1.Cc1ccc(-c2[c-]cccc2)nc1.Cc1cccc(-c2[c-]cccc2)n1.Cc1cccc(-c2[c-]cccc2)n1.Cc1cnc(-c2[c-]cccc2)cc1C.[Ir].[Ir].[Ir].[Ir].[Ir].[c-]1ccccc1-c1cc(-c2ccccc2)ccn1.[c-]1ccccc1-c1cc(-c2ccccc2)ccn1.[c-]1ccccc1-c1cc(-c2ccccc2)ccn1. The minimum Gasteiger partial charge on any atom is -0.305 e. The molecule has 0 amide bonds. The number of benzene rings is 14. The van der Waals surface area contributed by atoms with Crippen LogP contribution in [-0.2, 0) is 101 Å². The molecule has 0 spiro atoms. The molecule has 0 aliphatic rings. The third kappa shape index (κ3) is 36.3. The molecule has 0 atom stereocenters. The fourth-order valence-electron chi connectivity index (χ4n) is 15.2. The summed E-state index contributed by atoms with van der Waals surface area (Å²) >= 11 is 0. The molecule has 23 rings (SSSR count). The molecule has 9 heterocycles. The van der Waals surface area contributed by atoms with E-state index >= 15 is 0 Å². The van der Waals surface area contributed by atoms with Crippen molar-refractivity contribution in [3.63, 3.8) is 0 Å². The van der Waals surface area contributed by atoms with Gasteiger partial charge < -0.3 is 44.9 Å². The Kier molecular flexibility index (Phi) is 49.3. The monoisotopic (exact) mass is 2830 g/mol. The Morgan fingerprint density at radius 1 is 0.153 bits per heavy atom. The summed E-state index contributed by atoms with van der Waals surface area (Å²) in [5, 5.41) is 0. The van der Waals surface area contributed by atoms with E-state index in [4.69, 9.17) is 0 Å². The van der Waals surface area contributed by atoms with Crippen molar-refractivity contribution in [2.45, 2.75) is 48.5 Å². The van der Waals surface area contributed by atoms with E-state index in [0.717, 1.165) is 113 Å². The van der Waals surface area contributed by atoms with Crippen LogP contribution < -0.4 is 0 Å². The van der Waals surface area contributed by atoms with Crippen LogP contribution in [0.5, 0.6) is 0 Å². The van der Waals surface area contributed by atoms with Gasteiger partial charge in [0, 0.05) is 166 Å². The van der Waals surface area contributed by atoms with Crippen LogP contribution >= 0.6 is 0 Å². The van der Waals surface area contributed by atoms with Crippen LogP contribution in [0, 0.1) is 103 Å². The zero-order valence-electron chi connectivity index (χ0n) is 83.8. The van der Waals surface area contributed by atoms with E-state index in [1.165, 1.54) is 83.5 Å². The Labute approximate surface area is 952 Å². The van der Waals surface area contributed by atoms with E-state index in [9.17, 15) is 0 Å². The summed E-state index contributed by atoms with van der Waals surface area (Å²) in [4.78, 5) is 39.8. The van der Waals surface area contributed by atoms with Gasteiger partial charge in [-0.05, 0) is 197 Å². The number of rotatable bonds is 14. The van der Waals surface area contributed by atoms with Gasteiger partial charge in [-0.25, -0.2) is 0 Å². The number of hydrogen-bond acceptors (Lipinski definition) is 9. The molecule has 749 valence electrons. The summed E-state index contributed by atoms with van der Waals surface area (Å²) in [7, 11) is 0. The molecule has 23 aromatic rings. The van der Waals surface area contributed by atoms with Gasteiger partial charge in [-0.3, -0.25) is 0 Å². The second kappa shape index (κ2) is 63.4. The molecular formula is C136H106Ir5N9-9. The average Bonchev–Trinajstić information content (AvgIpc) is 0.697. The van der Waals surface area contributed by atoms with Gasteiger partial charge in [-0.1, -0.05) is 230 Å². The zero-order valence-corrected chi connectivity index (χ0v) is 95.7.